The Labute approximate surface area is 150 Å². The number of carboxylic acid groups (broad SMARTS) is 1. The lowest BCUT2D eigenvalue weighted by atomic mass is 9.97. The van der Waals surface area contributed by atoms with E-state index in [9.17, 15) is 4.79 Å². The number of hydrogen-bond acceptors (Lipinski definition) is 3. The van der Waals surface area contributed by atoms with Crippen molar-refractivity contribution in [1.82, 2.24) is 4.98 Å². The molecule has 0 amide bonds. The number of halogens is 1. The van der Waals surface area contributed by atoms with Crippen molar-refractivity contribution >= 4 is 34.3 Å². The second-order valence-corrected chi connectivity index (χ2v) is 6.75. The predicted molar refractivity (Wildman–Crippen MR) is 99.7 cm³/mol. The second kappa shape index (κ2) is 6.37. The Morgan fingerprint density at radius 2 is 1.92 bits per heavy atom. The van der Waals surface area contributed by atoms with E-state index in [0.717, 1.165) is 36.2 Å². The highest BCUT2D eigenvalue weighted by molar-refractivity contribution is 6.35. The Balaban J connectivity index is 1.56. The van der Waals surface area contributed by atoms with E-state index in [1.165, 1.54) is 5.56 Å². The molecule has 0 saturated carbocycles. The Morgan fingerprint density at radius 3 is 2.68 bits per heavy atom. The van der Waals surface area contributed by atoms with Gasteiger partial charge in [0.25, 0.3) is 0 Å². The fourth-order valence-corrected chi connectivity index (χ4v) is 3.64. The van der Waals surface area contributed by atoms with Crippen molar-refractivity contribution in [3.05, 3.63) is 70.7 Å². The first-order valence-corrected chi connectivity index (χ1v) is 8.63. The van der Waals surface area contributed by atoms with Crippen LogP contribution >= 0.6 is 11.6 Å². The lowest BCUT2D eigenvalue weighted by Gasteiger charge is -2.18. The lowest BCUT2D eigenvalue weighted by molar-refractivity contribution is 0.0697. The van der Waals surface area contributed by atoms with Gasteiger partial charge in [-0.3, -0.25) is 0 Å². The minimum Gasteiger partial charge on any atom is -0.478 e. The van der Waals surface area contributed by atoms with Crippen LogP contribution < -0.4 is 4.90 Å². The third-order valence-corrected chi connectivity index (χ3v) is 5.10. The Bertz CT molecular complexity index is 940. The van der Waals surface area contributed by atoms with Gasteiger partial charge in [-0.2, -0.15) is 0 Å². The Kier molecular flexibility index (Phi) is 4.06. The minimum atomic E-state index is -0.892. The number of nitrogens with zero attached hydrogens (tertiary/aromatic N) is 2. The summed E-state index contributed by atoms with van der Waals surface area (Å²) in [6.07, 6.45) is 1.02. The first-order valence-electron chi connectivity index (χ1n) is 8.25. The van der Waals surface area contributed by atoms with Crippen molar-refractivity contribution < 1.29 is 9.90 Å². The molecule has 2 aromatic carbocycles. The number of benzene rings is 2. The molecule has 5 heteroatoms. The van der Waals surface area contributed by atoms with E-state index in [1.54, 1.807) is 12.1 Å². The third kappa shape index (κ3) is 3.05. The summed E-state index contributed by atoms with van der Waals surface area (Å²) >= 11 is 6.27. The molecular weight excluding hydrogens is 336 g/mol. The normalized spacial score (nSPS) is 17.2. The van der Waals surface area contributed by atoms with E-state index in [-0.39, 0.29) is 0 Å². The largest absolute Gasteiger partial charge is 0.478 e. The van der Waals surface area contributed by atoms with E-state index >= 15 is 0 Å². The van der Waals surface area contributed by atoms with Crippen LogP contribution in [0.3, 0.4) is 0 Å². The Hall–Kier alpha value is -2.59. The molecule has 4 rings (SSSR count). The van der Waals surface area contributed by atoms with E-state index < -0.39 is 5.97 Å². The van der Waals surface area contributed by atoms with Gasteiger partial charge < -0.3 is 10.0 Å². The summed E-state index contributed by atoms with van der Waals surface area (Å²) in [7, 11) is 0. The van der Waals surface area contributed by atoms with Crippen LogP contribution in [0.15, 0.2) is 54.6 Å². The molecule has 0 aliphatic carbocycles. The number of hydrogen-bond donors (Lipinski definition) is 1. The summed E-state index contributed by atoms with van der Waals surface area (Å²) in [6.45, 7) is 1.80. The summed E-state index contributed by atoms with van der Waals surface area (Å²) in [5, 5.41) is 10.7. The smallest absolute Gasteiger partial charge is 0.335 e. The molecule has 0 unspecified atom stereocenters. The van der Waals surface area contributed by atoms with E-state index in [2.05, 4.69) is 11.0 Å². The second-order valence-electron chi connectivity index (χ2n) is 6.34. The maximum absolute atomic E-state index is 11.0. The first-order chi connectivity index (χ1) is 12.1. The Morgan fingerprint density at radius 1 is 1.12 bits per heavy atom. The molecule has 0 spiro atoms. The molecule has 0 radical (unpaired) electrons. The molecular formula is C20H17ClN2O2. The van der Waals surface area contributed by atoms with Gasteiger partial charge in [0.05, 0.1) is 16.1 Å². The summed E-state index contributed by atoms with van der Waals surface area (Å²) in [4.78, 5) is 18.0. The van der Waals surface area contributed by atoms with Crippen molar-refractivity contribution in [3.8, 4) is 0 Å². The first kappa shape index (κ1) is 15.9. The van der Waals surface area contributed by atoms with Crippen LogP contribution in [-0.4, -0.2) is 29.1 Å². The summed E-state index contributed by atoms with van der Waals surface area (Å²) < 4.78 is 0. The summed E-state index contributed by atoms with van der Waals surface area (Å²) in [6, 6.07) is 17.1. The molecule has 4 nitrogen and oxygen atoms in total. The predicted octanol–water partition coefficient (Wildman–Crippen LogP) is 4.58. The fraction of sp³-hybridized carbons (Fsp3) is 0.200. The molecule has 1 atom stereocenters. The number of para-hydroxylation sites is 1. The van der Waals surface area contributed by atoms with Gasteiger partial charge in [-0.25, -0.2) is 9.78 Å². The van der Waals surface area contributed by atoms with Crippen molar-refractivity contribution in [1.29, 1.82) is 0 Å². The molecule has 1 aliphatic heterocycles. The van der Waals surface area contributed by atoms with Gasteiger partial charge in [0.15, 0.2) is 0 Å². The zero-order valence-electron chi connectivity index (χ0n) is 13.5. The monoisotopic (exact) mass is 352 g/mol. The number of aromatic carboxylic acids is 1. The highest BCUT2D eigenvalue weighted by Gasteiger charge is 2.25. The molecule has 1 saturated heterocycles. The van der Waals surface area contributed by atoms with E-state index in [4.69, 9.17) is 21.7 Å². The van der Waals surface area contributed by atoms with Crippen LogP contribution in [0.4, 0.5) is 5.82 Å². The molecule has 1 aliphatic rings. The van der Waals surface area contributed by atoms with Gasteiger partial charge >= 0.3 is 5.97 Å². The van der Waals surface area contributed by atoms with Gasteiger partial charge in [0.1, 0.15) is 5.82 Å². The van der Waals surface area contributed by atoms with Crippen molar-refractivity contribution in [2.24, 2.45) is 0 Å². The highest BCUT2D eigenvalue weighted by atomic mass is 35.5. The zero-order valence-corrected chi connectivity index (χ0v) is 14.3. The quantitative estimate of drug-likeness (QED) is 0.749. The van der Waals surface area contributed by atoms with Crippen LogP contribution in [0.5, 0.6) is 0 Å². The van der Waals surface area contributed by atoms with E-state index in [0.29, 0.717) is 16.5 Å². The van der Waals surface area contributed by atoms with Crippen molar-refractivity contribution in [2.75, 3.05) is 18.0 Å². The van der Waals surface area contributed by atoms with Crippen molar-refractivity contribution in [3.63, 3.8) is 0 Å². The highest BCUT2D eigenvalue weighted by Crippen LogP contribution is 2.32. The fourth-order valence-electron chi connectivity index (χ4n) is 3.42. The number of pyridine rings is 1. The van der Waals surface area contributed by atoms with Crippen LogP contribution in [-0.2, 0) is 0 Å². The van der Waals surface area contributed by atoms with Crippen LogP contribution in [0.1, 0.15) is 28.3 Å². The maximum atomic E-state index is 11.0. The SMILES string of the molecule is O=C(O)c1ccc([C@@H]2CCN(c3ccc4cccc(Cl)c4n3)C2)cc1. The number of carbonyl (C=O) groups is 1. The molecule has 1 fully saturated rings. The summed E-state index contributed by atoms with van der Waals surface area (Å²) in [5.74, 6) is 0.425. The van der Waals surface area contributed by atoms with Gasteiger partial charge in [-0.1, -0.05) is 35.9 Å². The molecule has 1 aromatic heterocycles. The van der Waals surface area contributed by atoms with Gasteiger partial charge in [0, 0.05) is 24.4 Å². The number of aromatic nitrogens is 1. The maximum Gasteiger partial charge on any atom is 0.335 e. The van der Waals surface area contributed by atoms with Gasteiger partial charge in [0.2, 0.25) is 0 Å². The molecule has 0 bridgehead atoms. The average molecular weight is 353 g/mol. The summed E-state index contributed by atoms with van der Waals surface area (Å²) in [5.41, 5.74) is 2.33. The van der Waals surface area contributed by atoms with Gasteiger partial charge in [-0.15, -0.1) is 0 Å². The molecule has 1 N–H and O–H groups in total. The zero-order chi connectivity index (χ0) is 17.4. The van der Waals surface area contributed by atoms with Crippen LogP contribution in [0.2, 0.25) is 5.02 Å². The molecule has 3 aromatic rings. The third-order valence-electron chi connectivity index (χ3n) is 4.80. The van der Waals surface area contributed by atoms with Gasteiger partial charge in [-0.05, 0) is 42.3 Å². The average Bonchev–Trinajstić information content (AvgIpc) is 3.12. The standard InChI is InChI=1S/C20H17ClN2O2/c21-17-3-1-2-14-8-9-18(22-19(14)17)23-11-10-16(12-23)13-4-6-15(7-5-13)20(24)25/h1-9,16H,10-12H2,(H,24,25)/t16-/m1/s1. The molecule has 126 valence electrons. The van der Waals surface area contributed by atoms with Crippen LogP contribution in [0.25, 0.3) is 10.9 Å². The molecule has 2 heterocycles. The lowest BCUT2D eigenvalue weighted by Crippen LogP contribution is -2.20. The minimum absolute atomic E-state index is 0.324. The molecule has 25 heavy (non-hydrogen) atoms. The van der Waals surface area contributed by atoms with E-state index in [1.807, 2.05) is 36.4 Å². The number of fused-ring (bicyclic) bond motifs is 1. The van der Waals surface area contributed by atoms with Crippen LogP contribution in [0, 0.1) is 0 Å². The number of rotatable bonds is 3. The number of carboxylic acids is 1. The van der Waals surface area contributed by atoms with Crippen molar-refractivity contribution in [2.45, 2.75) is 12.3 Å². The number of anilines is 1. The topological polar surface area (TPSA) is 53.4 Å².